The van der Waals surface area contributed by atoms with Crippen LogP contribution in [-0.4, -0.2) is 45.5 Å². The number of aliphatic hydroxyl groups excluding tert-OH is 1. The van der Waals surface area contributed by atoms with Crippen molar-refractivity contribution in [3.8, 4) is 11.5 Å². The smallest absolute Gasteiger partial charge is 0.336 e. The van der Waals surface area contributed by atoms with Crippen molar-refractivity contribution >= 4 is 23.5 Å². The van der Waals surface area contributed by atoms with E-state index in [0.29, 0.717) is 22.6 Å². The Bertz CT molecular complexity index is 849. The van der Waals surface area contributed by atoms with E-state index in [9.17, 15) is 24.9 Å². The molecule has 0 aliphatic heterocycles. The van der Waals surface area contributed by atoms with E-state index in [1.165, 1.54) is 30.8 Å². The molecule has 0 aromatic heterocycles. The van der Waals surface area contributed by atoms with Crippen LogP contribution in [0, 0.1) is 0 Å². The highest BCUT2D eigenvalue weighted by atomic mass is 32.2. The van der Waals surface area contributed by atoms with Gasteiger partial charge >= 0.3 is 5.97 Å². The Hall–Kier alpha value is -2.51. The lowest BCUT2D eigenvalue weighted by Crippen LogP contribution is -2.20. The molecular weight excluding hydrogens is 380 g/mol. The molecule has 0 saturated carbocycles. The number of benzene rings is 2. The predicted molar refractivity (Wildman–Crippen MR) is 108 cm³/mol. The number of thioether (sulfide) groups is 1. The molecule has 0 spiro atoms. The zero-order chi connectivity index (χ0) is 20.7. The van der Waals surface area contributed by atoms with Gasteiger partial charge in [0, 0.05) is 16.2 Å². The van der Waals surface area contributed by atoms with Crippen molar-refractivity contribution in [1.82, 2.24) is 0 Å². The van der Waals surface area contributed by atoms with E-state index in [1.807, 2.05) is 6.92 Å². The van der Waals surface area contributed by atoms with Crippen LogP contribution in [0.1, 0.15) is 46.5 Å². The lowest BCUT2D eigenvalue weighted by atomic mass is 10.0. The average molecular weight is 404 g/mol. The second-order valence-corrected chi connectivity index (χ2v) is 7.38. The van der Waals surface area contributed by atoms with Gasteiger partial charge in [-0.3, -0.25) is 4.79 Å². The van der Waals surface area contributed by atoms with Crippen LogP contribution < -0.4 is 4.74 Å². The van der Waals surface area contributed by atoms with Crippen LogP contribution >= 0.6 is 11.8 Å². The SMILES string of the molecule is CCCc1c(OCC(O)CSc2ccccc2C(=O)O)ccc(C(C)=O)c1O. The van der Waals surface area contributed by atoms with Gasteiger partial charge in [-0.25, -0.2) is 4.79 Å². The summed E-state index contributed by atoms with van der Waals surface area (Å²) in [6.45, 7) is 3.33. The number of rotatable bonds is 10. The van der Waals surface area contributed by atoms with E-state index >= 15 is 0 Å². The highest BCUT2D eigenvalue weighted by Gasteiger charge is 2.17. The van der Waals surface area contributed by atoms with Crippen LogP contribution in [0.2, 0.25) is 0 Å². The molecule has 28 heavy (non-hydrogen) atoms. The Balaban J connectivity index is 2.03. The van der Waals surface area contributed by atoms with Gasteiger partial charge in [0.05, 0.1) is 17.2 Å². The van der Waals surface area contributed by atoms with E-state index in [0.717, 1.165) is 6.42 Å². The van der Waals surface area contributed by atoms with Crippen LogP contribution in [0.3, 0.4) is 0 Å². The second-order valence-electron chi connectivity index (χ2n) is 6.32. The van der Waals surface area contributed by atoms with Crippen LogP contribution in [0.4, 0.5) is 0 Å². The Morgan fingerprint density at radius 1 is 1.14 bits per heavy atom. The molecule has 2 rings (SSSR count). The Morgan fingerprint density at radius 3 is 2.50 bits per heavy atom. The van der Waals surface area contributed by atoms with Gasteiger partial charge in [0.1, 0.15) is 18.1 Å². The summed E-state index contributed by atoms with van der Waals surface area (Å²) in [5.41, 5.74) is 0.985. The van der Waals surface area contributed by atoms with Gasteiger partial charge in [-0.2, -0.15) is 0 Å². The zero-order valence-corrected chi connectivity index (χ0v) is 16.7. The third-order valence-corrected chi connectivity index (χ3v) is 5.32. The molecule has 0 fully saturated rings. The van der Waals surface area contributed by atoms with Crippen LogP contribution in [0.15, 0.2) is 41.3 Å². The van der Waals surface area contributed by atoms with Crippen molar-refractivity contribution in [3.63, 3.8) is 0 Å². The minimum atomic E-state index is -1.01. The molecular formula is C21H24O6S. The van der Waals surface area contributed by atoms with Crippen molar-refractivity contribution in [2.45, 2.75) is 37.7 Å². The quantitative estimate of drug-likeness (QED) is 0.409. The van der Waals surface area contributed by atoms with E-state index in [-0.39, 0.29) is 35.0 Å². The first-order valence-corrected chi connectivity index (χ1v) is 9.95. The molecule has 0 heterocycles. The highest BCUT2D eigenvalue weighted by Crippen LogP contribution is 2.33. The summed E-state index contributed by atoms with van der Waals surface area (Å²) in [7, 11) is 0. The van der Waals surface area contributed by atoms with Crippen LogP contribution in [0.25, 0.3) is 0 Å². The third kappa shape index (κ3) is 5.50. The predicted octanol–water partition coefficient (Wildman–Crippen LogP) is 3.78. The number of hydrogen-bond donors (Lipinski definition) is 3. The van der Waals surface area contributed by atoms with E-state index in [4.69, 9.17) is 4.74 Å². The van der Waals surface area contributed by atoms with E-state index in [1.54, 1.807) is 24.3 Å². The van der Waals surface area contributed by atoms with Gasteiger partial charge in [0.2, 0.25) is 0 Å². The number of aromatic carboxylic acids is 1. The van der Waals surface area contributed by atoms with Gasteiger partial charge in [0.25, 0.3) is 0 Å². The van der Waals surface area contributed by atoms with Crippen molar-refractivity contribution in [2.75, 3.05) is 12.4 Å². The number of carboxylic acids is 1. The van der Waals surface area contributed by atoms with Gasteiger partial charge in [0.15, 0.2) is 5.78 Å². The zero-order valence-electron chi connectivity index (χ0n) is 15.8. The summed E-state index contributed by atoms with van der Waals surface area (Å²) in [5.74, 6) is -0.635. The number of ketones is 1. The number of carboxylic acid groups (broad SMARTS) is 1. The summed E-state index contributed by atoms with van der Waals surface area (Å²) in [4.78, 5) is 23.4. The number of ether oxygens (including phenoxy) is 1. The first kappa shape index (κ1) is 21.8. The molecule has 1 unspecified atom stereocenters. The lowest BCUT2D eigenvalue weighted by Gasteiger charge is -2.17. The second kappa shape index (κ2) is 10.1. The minimum absolute atomic E-state index is 0.0161. The maximum Gasteiger partial charge on any atom is 0.336 e. The van der Waals surface area contributed by atoms with Crippen molar-refractivity contribution < 1.29 is 29.6 Å². The minimum Gasteiger partial charge on any atom is -0.507 e. The van der Waals surface area contributed by atoms with Crippen LogP contribution in [0.5, 0.6) is 11.5 Å². The van der Waals surface area contributed by atoms with Gasteiger partial charge in [-0.1, -0.05) is 25.5 Å². The Morgan fingerprint density at radius 2 is 1.86 bits per heavy atom. The summed E-state index contributed by atoms with van der Waals surface area (Å²) < 4.78 is 5.68. The van der Waals surface area contributed by atoms with E-state index < -0.39 is 12.1 Å². The van der Waals surface area contributed by atoms with Gasteiger partial charge in [-0.15, -0.1) is 11.8 Å². The molecule has 0 saturated heterocycles. The fraction of sp³-hybridized carbons (Fsp3) is 0.333. The number of carbonyl (C=O) groups is 2. The molecule has 0 aliphatic carbocycles. The topological polar surface area (TPSA) is 104 Å². The fourth-order valence-electron chi connectivity index (χ4n) is 2.72. The number of phenols is 1. The van der Waals surface area contributed by atoms with Crippen molar-refractivity contribution in [1.29, 1.82) is 0 Å². The Labute approximate surface area is 168 Å². The van der Waals surface area contributed by atoms with Gasteiger partial charge in [-0.05, 0) is 37.6 Å². The average Bonchev–Trinajstić information content (AvgIpc) is 2.66. The largest absolute Gasteiger partial charge is 0.507 e. The number of hydrogen-bond acceptors (Lipinski definition) is 6. The van der Waals surface area contributed by atoms with Crippen molar-refractivity contribution in [2.24, 2.45) is 0 Å². The summed E-state index contributed by atoms with van der Waals surface area (Å²) in [5, 5.41) is 29.8. The lowest BCUT2D eigenvalue weighted by molar-refractivity contribution is 0.0692. The number of carbonyl (C=O) groups excluding carboxylic acids is 1. The molecule has 0 radical (unpaired) electrons. The molecule has 3 N–H and O–H groups in total. The van der Waals surface area contributed by atoms with E-state index in [2.05, 4.69) is 0 Å². The Kier molecular flexibility index (Phi) is 7.90. The molecule has 0 bridgehead atoms. The summed E-state index contributed by atoms with van der Waals surface area (Å²) in [6.07, 6.45) is 0.463. The molecule has 0 aliphatic rings. The molecule has 0 amide bonds. The van der Waals surface area contributed by atoms with Crippen molar-refractivity contribution in [3.05, 3.63) is 53.1 Å². The fourth-order valence-corrected chi connectivity index (χ4v) is 3.67. The maximum absolute atomic E-state index is 11.6. The number of aliphatic hydroxyl groups is 1. The van der Waals surface area contributed by atoms with Crippen LogP contribution in [-0.2, 0) is 6.42 Å². The standard InChI is InChI=1S/C21H24O6S/c1-3-6-16-18(10-9-15(13(2)22)20(16)24)27-11-14(23)12-28-19-8-5-4-7-17(19)21(25)26/h4-5,7-10,14,23-24H,3,6,11-12H2,1-2H3,(H,25,26). The number of Topliss-reactive ketones (excluding diaryl/α,β-unsaturated/α-hetero) is 1. The first-order chi connectivity index (χ1) is 13.3. The third-order valence-electron chi connectivity index (χ3n) is 4.10. The first-order valence-electron chi connectivity index (χ1n) is 8.96. The summed E-state index contributed by atoms with van der Waals surface area (Å²) >= 11 is 1.24. The highest BCUT2D eigenvalue weighted by molar-refractivity contribution is 7.99. The number of phenolic OH excluding ortho intramolecular Hbond substituents is 1. The molecule has 7 heteroatoms. The molecule has 2 aromatic rings. The monoisotopic (exact) mass is 404 g/mol. The van der Waals surface area contributed by atoms with Gasteiger partial charge < -0.3 is 20.1 Å². The molecule has 150 valence electrons. The summed E-state index contributed by atoms with van der Waals surface area (Å²) in [6, 6.07) is 9.74. The molecule has 6 nitrogen and oxygen atoms in total. The molecule has 2 aromatic carbocycles. The number of aromatic hydroxyl groups is 1. The maximum atomic E-state index is 11.6. The molecule has 1 atom stereocenters. The normalized spacial score (nSPS) is 11.8.